The van der Waals surface area contributed by atoms with Crippen molar-refractivity contribution < 1.29 is 9.53 Å². The minimum Gasteiger partial charge on any atom is -0.468 e. The number of para-hydroxylation sites is 1. The van der Waals surface area contributed by atoms with Crippen LogP contribution >= 0.6 is 11.8 Å². The highest BCUT2D eigenvalue weighted by Gasteiger charge is 2.23. The van der Waals surface area contributed by atoms with Gasteiger partial charge in [-0.15, -0.1) is 10.2 Å². The number of hydrogen-bond donors (Lipinski definition) is 1. The van der Waals surface area contributed by atoms with Crippen LogP contribution < -0.4 is 0 Å². The second-order valence-electron chi connectivity index (χ2n) is 6.51. The SMILES string of the molecule is COC(=O)C(C)Sc1nnc(-c2c[nH]c3ccccc23)n1-c1cccc(C)c1. The highest BCUT2D eigenvalue weighted by Crippen LogP contribution is 2.33. The quantitative estimate of drug-likeness (QED) is 0.403. The van der Waals surface area contributed by atoms with E-state index in [-0.39, 0.29) is 5.97 Å². The number of thioether (sulfide) groups is 1. The van der Waals surface area contributed by atoms with Gasteiger partial charge in [0.05, 0.1) is 7.11 Å². The topological polar surface area (TPSA) is 72.8 Å². The Morgan fingerprint density at radius 2 is 2.00 bits per heavy atom. The van der Waals surface area contributed by atoms with E-state index in [4.69, 9.17) is 4.74 Å². The van der Waals surface area contributed by atoms with Crippen molar-refractivity contribution in [1.82, 2.24) is 19.7 Å². The number of fused-ring (bicyclic) bond motifs is 1. The van der Waals surface area contributed by atoms with E-state index in [1.807, 2.05) is 54.1 Å². The number of methoxy groups -OCH3 is 1. The third-order valence-corrected chi connectivity index (χ3v) is 5.56. The molecule has 0 aliphatic carbocycles. The van der Waals surface area contributed by atoms with Gasteiger partial charge in [-0.3, -0.25) is 9.36 Å². The van der Waals surface area contributed by atoms with Gasteiger partial charge >= 0.3 is 5.97 Å². The Morgan fingerprint density at radius 3 is 2.79 bits per heavy atom. The summed E-state index contributed by atoms with van der Waals surface area (Å²) in [6.07, 6.45) is 1.94. The Kier molecular flexibility index (Phi) is 4.92. The third-order valence-electron chi connectivity index (χ3n) is 4.54. The summed E-state index contributed by atoms with van der Waals surface area (Å²) in [7, 11) is 1.39. The summed E-state index contributed by atoms with van der Waals surface area (Å²) in [5, 5.41) is 10.2. The summed E-state index contributed by atoms with van der Waals surface area (Å²) in [5.41, 5.74) is 4.08. The average molecular weight is 392 g/mol. The minimum atomic E-state index is -0.395. The van der Waals surface area contributed by atoms with E-state index >= 15 is 0 Å². The van der Waals surface area contributed by atoms with Gasteiger partial charge in [0.25, 0.3) is 0 Å². The number of aryl methyl sites for hydroxylation is 1. The van der Waals surface area contributed by atoms with E-state index in [9.17, 15) is 4.79 Å². The van der Waals surface area contributed by atoms with E-state index in [2.05, 4.69) is 27.3 Å². The standard InChI is InChI=1S/C21H20N4O2S/c1-13-7-6-8-15(11-13)25-19(17-12-22-18-10-5-4-9-16(17)18)23-24-21(25)28-14(2)20(26)27-3/h4-12,14,22H,1-3H3. The van der Waals surface area contributed by atoms with Gasteiger partial charge in [-0.05, 0) is 37.6 Å². The number of H-pyrrole nitrogens is 1. The maximum atomic E-state index is 11.9. The number of benzene rings is 2. The first kappa shape index (κ1) is 18.3. The van der Waals surface area contributed by atoms with Gasteiger partial charge in [-0.25, -0.2) is 0 Å². The van der Waals surface area contributed by atoms with Crippen LogP contribution in [0.25, 0.3) is 28.0 Å². The fourth-order valence-electron chi connectivity index (χ4n) is 3.15. The molecule has 0 aliphatic heterocycles. The van der Waals surface area contributed by atoms with Gasteiger partial charge in [-0.1, -0.05) is 42.1 Å². The van der Waals surface area contributed by atoms with Crippen LogP contribution in [0.4, 0.5) is 0 Å². The molecule has 4 aromatic rings. The molecule has 0 aliphatic rings. The van der Waals surface area contributed by atoms with E-state index in [0.29, 0.717) is 5.16 Å². The number of esters is 1. The molecule has 2 aromatic carbocycles. The lowest BCUT2D eigenvalue weighted by Gasteiger charge is -2.13. The largest absolute Gasteiger partial charge is 0.468 e. The highest BCUT2D eigenvalue weighted by atomic mass is 32.2. The van der Waals surface area contributed by atoms with Crippen LogP contribution in [-0.2, 0) is 9.53 Å². The first-order chi connectivity index (χ1) is 13.6. The Balaban J connectivity index is 1.88. The van der Waals surface area contributed by atoms with Crippen molar-refractivity contribution in [2.45, 2.75) is 24.3 Å². The second kappa shape index (κ2) is 7.52. The van der Waals surface area contributed by atoms with E-state index in [1.165, 1.54) is 18.9 Å². The first-order valence-electron chi connectivity index (χ1n) is 8.92. The van der Waals surface area contributed by atoms with Crippen molar-refractivity contribution in [1.29, 1.82) is 0 Å². The molecule has 0 saturated carbocycles. The zero-order valence-electron chi connectivity index (χ0n) is 15.8. The summed E-state index contributed by atoms with van der Waals surface area (Å²) in [4.78, 5) is 15.2. The van der Waals surface area contributed by atoms with Gasteiger partial charge in [0, 0.05) is 28.4 Å². The highest BCUT2D eigenvalue weighted by molar-refractivity contribution is 8.00. The third kappa shape index (κ3) is 3.29. The summed E-state index contributed by atoms with van der Waals surface area (Å²) in [6.45, 7) is 3.85. The number of carbonyl (C=O) groups excluding carboxylic acids is 1. The molecule has 28 heavy (non-hydrogen) atoms. The lowest BCUT2D eigenvalue weighted by atomic mass is 10.1. The molecular weight excluding hydrogens is 372 g/mol. The molecule has 4 rings (SSSR count). The van der Waals surface area contributed by atoms with Crippen molar-refractivity contribution in [3.8, 4) is 17.1 Å². The van der Waals surface area contributed by atoms with E-state index in [0.717, 1.165) is 33.5 Å². The monoisotopic (exact) mass is 392 g/mol. The number of rotatable bonds is 5. The number of ether oxygens (including phenoxy) is 1. The molecular formula is C21H20N4O2S. The van der Waals surface area contributed by atoms with Crippen LogP contribution in [0.2, 0.25) is 0 Å². The van der Waals surface area contributed by atoms with Crippen LogP contribution in [-0.4, -0.2) is 38.1 Å². The molecule has 1 unspecified atom stereocenters. The minimum absolute atomic E-state index is 0.294. The summed E-state index contributed by atoms with van der Waals surface area (Å²) >= 11 is 1.33. The molecule has 2 heterocycles. The Hall–Kier alpha value is -3.06. The number of nitrogens with one attached hydrogen (secondary N) is 1. The molecule has 7 heteroatoms. The predicted molar refractivity (Wildman–Crippen MR) is 111 cm³/mol. The zero-order chi connectivity index (χ0) is 19.7. The first-order valence-corrected chi connectivity index (χ1v) is 9.80. The molecule has 2 aromatic heterocycles. The maximum Gasteiger partial charge on any atom is 0.318 e. The van der Waals surface area contributed by atoms with Crippen molar-refractivity contribution in [3.63, 3.8) is 0 Å². The Morgan fingerprint density at radius 1 is 1.18 bits per heavy atom. The number of carbonyl (C=O) groups is 1. The van der Waals surface area contributed by atoms with Gasteiger partial charge in [-0.2, -0.15) is 0 Å². The predicted octanol–water partition coefficient (Wildman–Crippen LogP) is 4.38. The van der Waals surface area contributed by atoms with Gasteiger partial charge in [0.2, 0.25) is 0 Å². The van der Waals surface area contributed by atoms with Crippen molar-refractivity contribution in [3.05, 3.63) is 60.3 Å². The normalized spacial score (nSPS) is 12.2. The number of aromatic amines is 1. The van der Waals surface area contributed by atoms with E-state index in [1.54, 1.807) is 6.92 Å². The molecule has 0 bridgehead atoms. The molecule has 142 valence electrons. The summed E-state index contributed by atoms with van der Waals surface area (Å²) in [6, 6.07) is 16.2. The van der Waals surface area contributed by atoms with Crippen molar-refractivity contribution in [2.75, 3.05) is 7.11 Å². The van der Waals surface area contributed by atoms with Crippen LogP contribution in [0, 0.1) is 6.92 Å². The van der Waals surface area contributed by atoms with Crippen LogP contribution in [0.15, 0.2) is 59.9 Å². The molecule has 0 fully saturated rings. The summed E-state index contributed by atoms with van der Waals surface area (Å²) < 4.78 is 6.86. The zero-order valence-corrected chi connectivity index (χ0v) is 16.7. The average Bonchev–Trinajstić information content (AvgIpc) is 3.31. The lowest BCUT2D eigenvalue weighted by molar-refractivity contribution is -0.139. The molecule has 0 spiro atoms. The van der Waals surface area contributed by atoms with Gasteiger partial charge in [0.15, 0.2) is 11.0 Å². The molecule has 1 N–H and O–H groups in total. The van der Waals surface area contributed by atoms with Crippen LogP contribution in [0.5, 0.6) is 0 Å². The fraction of sp³-hybridized carbons (Fsp3) is 0.190. The smallest absolute Gasteiger partial charge is 0.318 e. The number of nitrogens with zero attached hydrogens (tertiary/aromatic N) is 3. The number of aromatic nitrogens is 4. The summed E-state index contributed by atoms with van der Waals surface area (Å²) in [5.74, 6) is 0.431. The molecule has 0 saturated heterocycles. The van der Waals surface area contributed by atoms with Gasteiger partial charge < -0.3 is 9.72 Å². The van der Waals surface area contributed by atoms with Gasteiger partial charge in [0.1, 0.15) is 5.25 Å². The lowest BCUT2D eigenvalue weighted by Crippen LogP contribution is -2.15. The van der Waals surface area contributed by atoms with Crippen molar-refractivity contribution >= 4 is 28.6 Å². The van der Waals surface area contributed by atoms with Crippen molar-refractivity contribution in [2.24, 2.45) is 0 Å². The Bertz CT molecular complexity index is 1150. The number of hydrogen-bond acceptors (Lipinski definition) is 5. The fourth-order valence-corrected chi connectivity index (χ4v) is 4.04. The molecule has 6 nitrogen and oxygen atoms in total. The molecule has 1 atom stereocenters. The van der Waals surface area contributed by atoms with E-state index < -0.39 is 5.25 Å². The van der Waals surface area contributed by atoms with Crippen LogP contribution in [0.3, 0.4) is 0 Å². The second-order valence-corrected chi connectivity index (χ2v) is 7.82. The van der Waals surface area contributed by atoms with Crippen LogP contribution in [0.1, 0.15) is 12.5 Å². The molecule has 0 amide bonds. The maximum absolute atomic E-state index is 11.9. The Labute approximate surface area is 166 Å². The molecule has 0 radical (unpaired) electrons.